The molecule has 0 aliphatic heterocycles. The van der Waals surface area contributed by atoms with Gasteiger partial charge < -0.3 is 9.22 Å². The zero-order chi connectivity index (χ0) is 5.91. The van der Waals surface area contributed by atoms with E-state index in [2.05, 4.69) is 0 Å². The quantitative estimate of drug-likeness (QED) is 0.485. The van der Waals surface area contributed by atoms with Crippen LogP contribution in [0.25, 0.3) is 0 Å². The van der Waals surface area contributed by atoms with E-state index in [9.17, 15) is 0 Å². The molecule has 0 amide bonds. The van der Waals surface area contributed by atoms with Crippen LogP contribution in [0.4, 0.5) is 0 Å². The molecule has 7 heavy (non-hydrogen) atoms. The van der Waals surface area contributed by atoms with Crippen molar-refractivity contribution in [1.29, 1.82) is 0 Å². The molecule has 0 rings (SSSR count). The monoisotopic (exact) mass is 120 g/mol. The van der Waals surface area contributed by atoms with E-state index in [1.165, 1.54) is 0 Å². The summed E-state index contributed by atoms with van der Waals surface area (Å²) in [6.45, 7) is 5.78. The maximum Gasteiger partial charge on any atom is 0.302 e. The van der Waals surface area contributed by atoms with Crippen LogP contribution >= 0.6 is 0 Å². The van der Waals surface area contributed by atoms with Crippen LogP contribution in [0.15, 0.2) is 0 Å². The molecule has 0 aromatic carbocycles. The van der Waals surface area contributed by atoms with Gasteiger partial charge in [0, 0.05) is 5.60 Å². The predicted octanol–water partition coefficient (Wildman–Crippen LogP) is -0.207. The molecule has 44 valence electrons. The molecule has 0 spiro atoms. The molecule has 0 aromatic heterocycles. The standard InChI is InChI=1S/C4H12O2Si/c1-4(2,3)6-7-5/h5H,7H2,1-3H3. The van der Waals surface area contributed by atoms with E-state index in [1.54, 1.807) is 0 Å². The van der Waals surface area contributed by atoms with Gasteiger partial charge in [-0.05, 0) is 20.8 Å². The zero-order valence-corrected chi connectivity index (χ0v) is 6.48. The van der Waals surface area contributed by atoms with Gasteiger partial charge in [0.1, 0.15) is 0 Å². The van der Waals surface area contributed by atoms with Crippen LogP contribution in [-0.2, 0) is 4.43 Å². The summed E-state index contributed by atoms with van der Waals surface area (Å²) in [5.74, 6) is 0. The molecule has 0 atom stereocenters. The second-order valence-electron chi connectivity index (χ2n) is 2.39. The van der Waals surface area contributed by atoms with E-state index in [0.29, 0.717) is 0 Å². The molecule has 0 aliphatic carbocycles. The van der Waals surface area contributed by atoms with Gasteiger partial charge >= 0.3 is 10.0 Å². The van der Waals surface area contributed by atoms with Crippen molar-refractivity contribution in [2.45, 2.75) is 26.4 Å². The Labute approximate surface area is 46.6 Å². The molecule has 0 saturated heterocycles. The Morgan fingerprint density at radius 1 is 1.43 bits per heavy atom. The van der Waals surface area contributed by atoms with E-state index in [4.69, 9.17) is 9.22 Å². The summed E-state index contributed by atoms with van der Waals surface area (Å²) in [6.07, 6.45) is 0. The van der Waals surface area contributed by atoms with Crippen LogP contribution in [0.1, 0.15) is 20.8 Å². The van der Waals surface area contributed by atoms with Gasteiger partial charge in [-0.1, -0.05) is 0 Å². The first-order valence-electron chi connectivity index (χ1n) is 2.31. The highest BCUT2D eigenvalue weighted by Crippen LogP contribution is 2.03. The molecular weight excluding hydrogens is 108 g/mol. The summed E-state index contributed by atoms with van der Waals surface area (Å²) < 4.78 is 4.92. The lowest BCUT2D eigenvalue weighted by Gasteiger charge is -2.16. The number of rotatable bonds is 1. The minimum absolute atomic E-state index is 0.138. The van der Waals surface area contributed by atoms with Crippen molar-refractivity contribution in [2.75, 3.05) is 0 Å². The van der Waals surface area contributed by atoms with Crippen molar-refractivity contribution < 1.29 is 9.22 Å². The maximum absolute atomic E-state index is 8.32. The van der Waals surface area contributed by atoms with E-state index in [1.807, 2.05) is 20.8 Å². The van der Waals surface area contributed by atoms with E-state index in [0.717, 1.165) is 0 Å². The second kappa shape index (κ2) is 2.45. The first-order valence-corrected chi connectivity index (χ1v) is 3.52. The second-order valence-corrected chi connectivity index (χ2v) is 2.93. The predicted molar refractivity (Wildman–Crippen MR) is 31.6 cm³/mol. The molecule has 0 heterocycles. The van der Waals surface area contributed by atoms with E-state index in [-0.39, 0.29) is 5.60 Å². The van der Waals surface area contributed by atoms with Gasteiger partial charge in [0.05, 0.1) is 0 Å². The fourth-order valence-electron chi connectivity index (χ4n) is 0.194. The lowest BCUT2D eigenvalue weighted by Crippen LogP contribution is -2.21. The third-order valence-electron chi connectivity index (χ3n) is 0.498. The minimum Gasteiger partial charge on any atom is -0.415 e. The molecule has 2 nitrogen and oxygen atoms in total. The highest BCUT2D eigenvalue weighted by Gasteiger charge is 2.06. The fourth-order valence-corrected chi connectivity index (χ4v) is 0.581. The van der Waals surface area contributed by atoms with Crippen molar-refractivity contribution in [3.8, 4) is 0 Å². The Morgan fingerprint density at radius 3 is 1.86 bits per heavy atom. The van der Waals surface area contributed by atoms with Crippen molar-refractivity contribution in [2.24, 2.45) is 0 Å². The van der Waals surface area contributed by atoms with Crippen molar-refractivity contribution in [1.82, 2.24) is 0 Å². The summed E-state index contributed by atoms with van der Waals surface area (Å²) >= 11 is 0. The topological polar surface area (TPSA) is 29.5 Å². The number of hydrogen-bond acceptors (Lipinski definition) is 2. The highest BCUT2D eigenvalue weighted by molar-refractivity contribution is 6.16. The van der Waals surface area contributed by atoms with Crippen molar-refractivity contribution >= 4 is 10.0 Å². The summed E-state index contributed by atoms with van der Waals surface area (Å²) in [5, 5.41) is 0. The molecule has 0 saturated carbocycles. The Balaban J connectivity index is 3.15. The minimum atomic E-state index is -1.19. The first kappa shape index (κ1) is 7.14. The van der Waals surface area contributed by atoms with Crippen LogP contribution in [0.5, 0.6) is 0 Å². The van der Waals surface area contributed by atoms with Crippen LogP contribution in [0.3, 0.4) is 0 Å². The molecule has 0 fully saturated rings. The Morgan fingerprint density at radius 2 is 1.86 bits per heavy atom. The maximum atomic E-state index is 8.32. The van der Waals surface area contributed by atoms with Crippen LogP contribution in [0, 0.1) is 0 Å². The molecular formula is C4H12O2Si. The highest BCUT2D eigenvalue weighted by atomic mass is 28.2. The van der Waals surface area contributed by atoms with Crippen LogP contribution in [-0.4, -0.2) is 20.4 Å². The molecule has 1 N–H and O–H groups in total. The molecule has 0 bridgehead atoms. The average molecular weight is 120 g/mol. The third kappa shape index (κ3) is 6.14. The van der Waals surface area contributed by atoms with Gasteiger partial charge in [-0.2, -0.15) is 0 Å². The lowest BCUT2D eigenvalue weighted by atomic mass is 10.2. The first-order chi connectivity index (χ1) is 3.06. The van der Waals surface area contributed by atoms with Crippen LogP contribution < -0.4 is 0 Å². The van der Waals surface area contributed by atoms with Gasteiger partial charge in [0.15, 0.2) is 0 Å². The summed E-state index contributed by atoms with van der Waals surface area (Å²) in [4.78, 5) is 8.32. The molecule has 0 aromatic rings. The van der Waals surface area contributed by atoms with Gasteiger partial charge in [-0.3, -0.25) is 0 Å². The fraction of sp³-hybridized carbons (Fsp3) is 1.00. The van der Waals surface area contributed by atoms with Crippen molar-refractivity contribution in [3.63, 3.8) is 0 Å². The van der Waals surface area contributed by atoms with Gasteiger partial charge in [-0.15, -0.1) is 0 Å². The molecule has 0 aliphatic rings. The van der Waals surface area contributed by atoms with E-state index < -0.39 is 10.0 Å². The molecule has 3 heteroatoms. The van der Waals surface area contributed by atoms with Crippen LogP contribution in [0.2, 0.25) is 0 Å². The smallest absolute Gasteiger partial charge is 0.302 e. The van der Waals surface area contributed by atoms with Gasteiger partial charge in [0.2, 0.25) is 0 Å². The van der Waals surface area contributed by atoms with Gasteiger partial charge in [-0.25, -0.2) is 0 Å². The molecule has 0 unspecified atom stereocenters. The van der Waals surface area contributed by atoms with Gasteiger partial charge in [0.25, 0.3) is 0 Å². The molecule has 0 radical (unpaired) electrons. The largest absolute Gasteiger partial charge is 0.415 e. The zero-order valence-electron chi connectivity index (χ0n) is 5.06. The summed E-state index contributed by atoms with van der Waals surface area (Å²) in [5.41, 5.74) is -0.138. The van der Waals surface area contributed by atoms with E-state index >= 15 is 0 Å². The lowest BCUT2D eigenvalue weighted by molar-refractivity contribution is 0.116. The normalized spacial score (nSPS) is 13.7. The average Bonchev–Trinajstić information content (AvgIpc) is 1.30. The van der Waals surface area contributed by atoms with Crippen molar-refractivity contribution in [3.05, 3.63) is 0 Å². The third-order valence-corrected chi connectivity index (χ3v) is 1.49. The SMILES string of the molecule is CC(C)(C)O[SiH2]O. The Bertz CT molecular complexity index is 48.1. The Hall–Kier alpha value is 0.137. The summed E-state index contributed by atoms with van der Waals surface area (Å²) in [7, 11) is -1.19. The Kier molecular flexibility index (Phi) is 2.49. The number of hydrogen-bond donors (Lipinski definition) is 1. The summed E-state index contributed by atoms with van der Waals surface area (Å²) in [6, 6.07) is 0.